The Balaban J connectivity index is 2.19. The van der Waals surface area contributed by atoms with E-state index in [1.54, 1.807) is 12.1 Å². The lowest BCUT2D eigenvalue weighted by molar-refractivity contribution is 0.276. The Morgan fingerprint density at radius 2 is 1.79 bits per heavy atom. The predicted molar refractivity (Wildman–Crippen MR) is 81.7 cm³/mol. The number of nitrogens with one attached hydrogen (secondary N) is 1. The molecular formula is C14H12Br2FNO. The Morgan fingerprint density at radius 1 is 1.11 bits per heavy atom. The van der Waals surface area contributed by atoms with Gasteiger partial charge in [-0.1, -0.05) is 22.0 Å². The molecule has 0 saturated carbocycles. The van der Waals surface area contributed by atoms with Crippen molar-refractivity contribution in [3.63, 3.8) is 0 Å². The summed E-state index contributed by atoms with van der Waals surface area (Å²) in [6.45, 7) is -0.0753. The lowest BCUT2D eigenvalue weighted by atomic mass is 10.1. The molecule has 0 fully saturated rings. The van der Waals surface area contributed by atoms with Crippen molar-refractivity contribution in [2.45, 2.75) is 6.04 Å². The lowest BCUT2D eigenvalue weighted by Crippen LogP contribution is -2.14. The zero-order chi connectivity index (χ0) is 13.8. The number of rotatable bonds is 4. The molecule has 0 amide bonds. The summed E-state index contributed by atoms with van der Waals surface area (Å²) in [6, 6.07) is 12.1. The molecule has 0 aliphatic heterocycles. The zero-order valence-corrected chi connectivity index (χ0v) is 13.1. The second-order valence-electron chi connectivity index (χ2n) is 4.06. The van der Waals surface area contributed by atoms with Crippen LogP contribution < -0.4 is 5.32 Å². The molecule has 1 atom stereocenters. The molecule has 0 radical (unpaired) electrons. The van der Waals surface area contributed by atoms with E-state index in [-0.39, 0.29) is 18.5 Å². The first kappa shape index (κ1) is 14.5. The van der Waals surface area contributed by atoms with Crippen molar-refractivity contribution >= 4 is 37.5 Å². The molecule has 100 valence electrons. The fraction of sp³-hybridized carbons (Fsp3) is 0.143. The first-order valence-electron chi connectivity index (χ1n) is 5.68. The van der Waals surface area contributed by atoms with Gasteiger partial charge in [0.2, 0.25) is 0 Å². The number of hydrogen-bond donors (Lipinski definition) is 2. The van der Waals surface area contributed by atoms with E-state index < -0.39 is 0 Å². The molecule has 5 heteroatoms. The normalized spacial score (nSPS) is 12.2. The minimum Gasteiger partial charge on any atom is -0.394 e. The molecule has 2 aromatic rings. The van der Waals surface area contributed by atoms with E-state index in [1.807, 2.05) is 24.3 Å². The van der Waals surface area contributed by atoms with E-state index in [2.05, 4.69) is 37.2 Å². The monoisotopic (exact) mass is 387 g/mol. The van der Waals surface area contributed by atoms with Gasteiger partial charge in [-0.3, -0.25) is 0 Å². The van der Waals surface area contributed by atoms with Crippen LogP contribution in [0.5, 0.6) is 0 Å². The maximum Gasteiger partial charge on any atom is 0.137 e. The maximum absolute atomic E-state index is 13.2. The highest BCUT2D eigenvalue weighted by Gasteiger charge is 2.12. The van der Waals surface area contributed by atoms with Crippen LogP contribution in [0.3, 0.4) is 0 Å². The van der Waals surface area contributed by atoms with E-state index in [0.717, 1.165) is 15.7 Å². The number of benzene rings is 2. The van der Waals surface area contributed by atoms with Gasteiger partial charge >= 0.3 is 0 Å². The van der Waals surface area contributed by atoms with Gasteiger partial charge in [0.15, 0.2) is 0 Å². The highest BCUT2D eigenvalue weighted by atomic mass is 79.9. The Hall–Kier alpha value is -0.910. The average molecular weight is 389 g/mol. The molecule has 2 N–H and O–H groups in total. The molecule has 0 aliphatic carbocycles. The van der Waals surface area contributed by atoms with Crippen molar-refractivity contribution in [2.75, 3.05) is 11.9 Å². The van der Waals surface area contributed by atoms with Crippen molar-refractivity contribution in [3.8, 4) is 0 Å². The Bertz CT molecular complexity index is 560. The van der Waals surface area contributed by atoms with Crippen molar-refractivity contribution in [1.82, 2.24) is 0 Å². The summed E-state index contributed by atoms with van der Waals surface area (Å²) >= 11 is 6.51. The van der Waals surface area contributed by atoms with E-state index in [0.29, 0.717) is 4.47 Å². The smallest absolute Gasteiger partial charge is 0.137 e. The van der Waals surface area contributed by atoms with E-state index >= 15 is 0 Å². The summed E-state index contributed by atoms with van der Waals surface area (Å²) in [4.78, 5) is 0. The number of halogens is 3. The average Bonchev–Trinajstić information content (AvgIpc) is 2.41. The second kappa shape index (κ2) is 6.50. The van der Waals surface area contributed by atoms with Crippen LogP contribution in [0.25, 0.3) is 0 Å². The molecule has 0 bridgehead atoms. The number of aliphatic hydroxyl groups is 1. The molecule has 0 aromatic heterocycles. The predicted octanol–water partition coefficient (Wildman–Crippen LogP) is 4.50. The van der Waals surface area contributed by atoms with Gasteiger partial charge in [0.25, 0.3) is 0 Å². The van der Waals surface area contributed by atoms with Gasteiger partial charge < -0.3 is 10.4 Å². The highest BCUT2D eigenvalue weighted by Crippen LogP contribution is 2.25. The molecule has 19 heavy (non-hydrogen) atoms. The SMILES string of the molecule is OCC(Nc1ccc(Br)cc1)c1ccc(F)c(Br)c1. The minimum absolute atomic E-state index is 0.0753. The fourth-order valence-corrected chi connectivity index (χ4v) is 2.37. The Labute approximate surface area is 127 Å². The van der Waals surface area contributed by atoms with Gasteiger partial charge in [-0.15, -0.1) is 0 Å². The van der Waals surface area contributed by atoms with Gasteiger partial charge in [0, 0.05) is 10.2 Å². The minimum atomic E-state index is -0.316. The summed E-state index contributed by atoms with van der Waals surface area (Å²) in [5, 5.41) is 12.7. The van der Waals surface area contributed by atoms with E-state index in [1.165, 1.54) is 6.07 Å². The summed E-state index contributed by atoms with van der Waals surface area (Å²) < 4.78 is 14.6. The lowest BCUT2D eigenvalue weighted by Gasteiger charge is -2.18. The topological polar surface area (TPSA) is 32.3 Å². The summed E-state index contributed by atoms with van der Waals surface area (Å²) in [7, 11) is 0. The molecule has 1 unspecified atom stereocenters. The quantitative estimate of drug-likeness (QED) is 0.808. The number of anilines is 1. The van der Waals surface area contributed by atoms with Crippen LogP contribution >= 0.6 is 31.9 Å². The maximum atomic E-state index is 13.2. The van der Waals surface area contributed by atoms with E-state index in [4.69, 9.17) is 0 Å². The Kier molecular flexibility index (Phi) is 4.96. The van der Waals surface area contributed by atoms with Gasteiger partial charge in [0.1, 0.15) is 5.82 Å². The van der Waals surface area contributed by atoms with Crippen LogP contribution in [0.4, 0.5) is 10.1 Å². The molecular weight excluding hydrogens is 377 g/mol. The molecule has 2 rings (SSSR count). The van der Waals surface area contributed by atoms with Crippen molar-refractivity contribution in [3.05, 3.63) is 62.8 Å². The standard InChI is InChI=1S/C14H12Br2FNO/c15-10-2-4-11(5-3-10)18-14(8-19)9-1-6-13(17)12(16)7-9/h1-7,14,18-19H,8H2. The van der Waals surface area contributed by atoms with Crippen molar-refractivity contribution in [2.24, 2.45) is 0 Å². The summed E-state index contributed by atoms with van der Waals surface area (Å²) in [5.74, 6) is -0.316. The van der Waals surface area contributed by atoms with Crippen LogP contribution in [-0.4, -0.2) is 11.7 Å². The first-order chi connectivity index (χ1) is 9.10. The molecule has 0 aliphatic rings. The zero-order valence-electron chi connectivity index (χ0n) is 9.91. The first-order valence-corrected chi connectivity index (χ1v) is 7.26. The Morgan fingerprint density at radius 3 is 2.37 bits per heavy atom. The molecule has 0 spiro atoms. The largest absolute Gasteiger partial charge is 0.394 e. The summed E-state index contributed by atoms with van der Waals surface area (Å²) in [5.41, 5.74) is 1.71. The molecule has 0 heterocycles. The number of aliphatic hydroxyl groups excluding tert-OH is 1. The third-order valence-electron chi connectivity index (χ3n) is 2.71. The summed E-state index contributed by atoms with van der Waals surface area (Å²) in [6.07, 6.45) is 0. The molecule has 0 saturated heterocycles. The van der Waals surface area contributed by atoms with Crippen LogP contribution in [-0.2, 0) is 0 Å². The highest BCUT2D eigenvalue weighted by molar-refractivity contribution is 9.10. The van der Waals surface area contributed by atoms with Gasteiger partial charge in [-0.05, 0) is 57.9 Å². The third kappa shape index (κ3) is 3.78. The van der Waals surface area contributed by atoms with Gasteiger partial charge in [-0.2, -0.15) is 0 Å². The van der Waals surface area contributed by atoms with Crippen molar-refractivity contribution < 1.29 is 9.50 Å². The second-order valence-corrected chi connectivity index (χ2v) is 5.83. The third-order valence-corrected chi connectivity index (χ3v) is 3.85. The fourth-order valence-electron chi connectivity index (χ4n) is 1.71. The van der Waals surface area contributed by atoms with Crippen LogP contribution in [0, 0.1) is 5.82 Å². The van der Waals surface area contributed by atoms with Crippen LogP contribution in [0.2, 0.25) is 0 Å². The molecule has 2 aromatic carbocycles. The van der Waals surface area contributed by atoms with Crippen LogP contribution in [0.1, 0.15) is 11.6 Å². The van der Waals surface area contributed by atoms with Crippen LogP contribution in [0.15, 0.2) is 51.4 Å². The van der Waals surface area contributed by atoms with Gasteiger partial charge in [-0.25, -0.2) is 4.39 Å². The number of hydrogen-bond acceptors (Lipinski definition) is 2. The molecule has 2 nitrogen and oxygen atoms in total. The van der Waals surface area contributed by atoms with E-state index in [9.17, 15) is 9.50 Å². The van der Waals surface area contributed by atoms with Gasteiger partial charge in [0.05, 0.1) is 17.1 Å². The van der Waals surface area contributed by atoms with Crippen molar-refractivity contribution in [1.29, 1.82) is 0 Å².